The number of furan rings is 1. The Morgan fingerprint density at radius 3 is 3.12 bits per heavy atom. The van der Waals surface area contributed by atoms with Crippen molar-refractivity contribution in [2.75, 3.05) is 13.2 Å². The van der Waals surface area contributed by atoms with Gasteiger partial charge < -0.3 is 20.2 Å². The van der Waals surface area contributed by atoms with Gasteiger partial charge in [0, 0.05) is 19.1 Å². The Labute approximate surface area is 100 Å². The van der Waals surface area contributed by atoms with Gasteiger partial charge in [-0.2, -0.15) is 0 Å². The zero-order valence-corrected chi connectivity index (χ0v) is 9.94. The van der Waals surface area contributed by atoms with Crippen molar-refractivity contribution in [3.05, 3.63) is 24.2 Å². The SMILES string of the molecule is CC(Cc1ccco1)NC(=O)C1(N)CCOC1. The minimum Gasteiger partial charge on any atom is -0.469 e. The fourth-order valence-corrected chi connectivity index (χ4v) is 1.91. The molecule has 2 atom stereocenters. The Morgan fingerprint density at radius 2 is 2.53 bits per heavy atom. The molecule has 5 nitrogen and oxygen atoms in total. The molecule has 1 aliphatic heterocycles. The van der Waals surface area contributed by atoms with Crippen LogP contribution >= 0.6 is 0 Å². The van der Waals surface area contributed by atoms with Gasteiger partial charge in [0.05, 0.1) is 12.9 Å². The lowest BCUT2D eigenvalue weighted by Crippen LogP contribution is -2.56. The molecule has 1 aromatic rings. The summed E-state index contributed by atoms with van der Waals surface area (Å²) in [5, 5.41) is 2.90. The first kappa shape index (κ1) is 12.1. The third-order valence-electron chi connectivity index (χ3n) is 2.97. The molecule has 0 spiro atoms. The minimum absolute atomic E-state index is 0.00493. The highest BCUT2D eigenvalue weighted by atomic mass is 16.5. The molecule has 1 fully saturated rings. The fourth-order valence-electron chi connectivity index (χ4n) is 1.91. The summed E-state index contributed by atoms with van der Waals surface area (Å²) < 4.78 is 10.4. The summed E-state index contributed by atoms with van der Waals surface area (Å²) >= 11 is 0. The molecule has 2 heterocycles. The molecular weight excluding hydrogens is 220 g/mol. The molecule has 0 aromatic carbocycles. The maximum atomic E-state index is 12.0. The van der Waals surface area contributed by atoms with Crippen LogP contribution in [0.1, 0.15) is 19.1 Å². The number of nitrogens with two attached hydrogens (primary N) is 1. The lowest BCUT2D eigenvalue weighted by Gasteiger charge is -2.23. The summed E-state index contributed by atoms with van der Waals surface area (Å²) in [6.07, 6.45) is 2.86. The van der Waals surface area contributed by atoms with Crippen LogP contribution in [0.25, 0.3) is 0 Å². The van der Waals surface area contributed by atoms with E-state index < -0.39 is 5.54 Å². The monoisotopic (exact) mass is 238 g/mol. The summed E-state index contributed by atoms with van der Waals surface area (Å²) in [4.78, 5) is 12.0. The summed E-state index contributed by atoms with van der Waals surface area (Å²) in [5.74, 6) is 0.709. The van der Waals surface area contributed by atoms with Crippen LogP contribution in [0.5, 0.6) is 0 Å². The normalized spacial score (nSPS) is 25.8. The van der Waals surface area contributed by atoms with Crippen molar-refractivity contribution in [2.45, 2.75) is 31.3 Å². The second-order valence-electron chi connectivity index (χ2n) is 4.62. The van der Waals surface area contributed by atoms with E-state index in [0.29, 0.717) is 26.1 Å². The predicted octanol–water partition coefficient (Wildman–Crippen LogP) is 0.445. The van der Waals surface area contributed by atoms with Crippen LogP contribution < -0.4 is 11.1 Å². The van der Waals surface area contributed by atoms with E-state index in [1.54, 1.807) is 6.26 Å². The van der Waals surface area contributed by atoms with Crippen LogP contribution in [-0.4, -0.2) is 30.7 Å². The van der Waals surface area contributed by atoms with Gasteiger partial charge in [-0.1, -0.05) is 0 Å². The van der Waals surface area contributed by atoms with Crippen LogP contribution in [0.2, 0.25) is 0 Å². The van der Waals surface area contributed by atoms with Gasteiger partial charge in [0.2, 0.25) is 5.91 Å². The van der Waals surface area contributed by atoms with Crippen molar-refractivity contribution < 1.29 is 13.9 Å². The Hall–Kier alpha value is -1.33. The third-order valence-corrected chi connectivity index (χ3v) is 2.97. The van der Waals surface area contributed by atoms with Crippen LogP contribution in [0.3, 0.4) is 0 Å². The van der Waals surface area contributed by atoms with Gasteiger partial charge in [0.25, 0.3) is 0 Å². The molecule has 2 unspecified atom stereocenters. The van der Waals surface area contributed by atoms with Crippen LogP contribution in [0, 0.1) is 0 Å². The van der Waals surface area contributed by atoms with E-state index in [9.17, 15) is 4.79 Å². The number of nitrogens with one attached hydrogen (secondary N) is 1. The average Bonchev–Trinajstić information content (AvgIpc) is 2.90. The first-order valence-corrected chi connectivity index (χ1v) is 5.80. The van der Waals surface area contributed by atoms with Crippen molar-refractivity contribution in [2.24, 2.45) is 5.73 Å². The maximum absolute atomic E-state index is 12.0. The number of carbonyl (C=O) groups excluding carboxylic acids is 1. The predicted molar refractivity (Wildman–Crippen MR) is 62.4 cm³/mol. The highest BCUT2D eigenvalue weighted by Crippen LogP contribution is 2.16. The first-order chi connectivity index (χ1) is 8.10. The molecule has 94 valence electrons. The van der Waals surface area contributed by atoms with E-state index in [2.05, 4.69) is 5.32 Å². The number of carbonyl (C=O) groups is 1. The van der Waals surface area contributed by atoms with Crippen molar-refractivity contribution in [3.8, 4) is 0 Å². The zero-order chi connectivity index (χ0) is 12.3. The van der Waals surface area contributed by atoms with Crippen LogP contribution in [-0.2, 0) is 16.0 Å². The highest BCUT2D eigenvalue weighted by molar-refractivity contribution is 5.86. The molecule has 5 heteroatoms. The highest BCUT2D eigenvalue weighted by Gasteiger charge is 2.38. The van der Waals surface area contributed by atoms with Gasteiger partial charge in [0.15, 0.2) is 0 Å². The van der Waals surface area contributed by atoms with Crippen molar-refractivity contribution in [1.82, 2.24) is 5.32 Å². The summed E-state index contributed by atoms with van der Waals surface area (Å²) in [6.45, 7) is 2.78. The Balaban J connectivity index is 1.86. The summed E-state index contributed by atoms with van der Waals surface area (Å²) in [7, 11) is 0. The van der Waals surface area contributed by atoms with Crippen molar-refractivity contribution >= 4 is 5.91 Å². The van der Waals surface area contributed by atoms with Gasteiger partial charge in [-0.15, -0.1) is 0 Å². The smallest absolute Gasteiger partial charge is 0.242 e. The van der Waals surface area contributed by atoms with E-state index in [1.165, 1.54) is 0 Å². The molecule has 17 heavy (non-hydrogen) atoms. The molecule has 2 rings (SSSR count). The Morgan fingerprint density at radius 1 is 1.71 bits per heavy atom. The number of rotatable bonds is 4. The lowest BCUT2D eigenvalue weighted by atomic mass is 9.98. The second-order valence-corrected chi connectivity index (χ2v) is 4.62. The van der Waals surface area contributed by atoms with E-state index in [4.69, 9.17) is 14.9 Å². The number of hydrogen-bond donors (Lipinski definition) is 2. The van der Waals surface area contributed by atoms with Crippen LogP contribution in [0.4, 0.5) is 0 Å². The van der Waals surface area contributed by atoms with Gasteiger partial charge in [-0.3, -0.25) is 4.79 Å². The van der Waals surface area contributed by atoms with E-state index in [1.807, 2.05) is 19.1 Å². The number of hydrogen-bond acceptors (Lipinski definition) is 4. The molecule has 0 saturated carbocycles. The van der Waals surface area contributed by atoms with E-state index in [0.717, 1.165) is 5.76 Å². The van der Waals surface area contributed by atoms with Gasteiger partial charge >= 0.3 is 0 Å². The number of amides is 1. The Kier molecular flexibility index (Phi) is 3.49. The molecule has 1 saturated heterocycles. The minimum atomic E-state index is -0.864. The van der Waals surface area contributed by atoms with Gasteiger partial charge in [-0.05, 0) is 25.5 Å². The molecular formula is C12H18N2O3. The molecule has 3 N–H and O–H groups in total. The topological polar surface area (TPSA) is 77.5 Å². The average molecular weight is 238 g/mol. The van der Waals surface area contributed by atoms with Crippen molar-refractivity contribution in [3.63, 3.8) is 0 Å². The van der Waals surface area contributed by atoms with Gasteiger partial charge in [0.1, 0.15) is 11.3 Å². The molecule has 1 amide bonds. The molecule has 1 aromatic heterocycles. The molecule has 0 radical (unpaired) electrons. The summed E-state index contributed by atoms with van der Waals surface area (Å²) in [6, 6.07) is 3.72. The fraction of sp³-hybridized carbons (Fsp3) is 0.583. The van der Waals surface area contributed by atoms with E-state index >= 15 is 0 Å². The Bertz CT molecular complexity index is 369. The third kappa shape index (κ3) is 2.87. The van der Waals surface area contributed by atoms with E-state index in [-0.39, 0.29) is 11.9 Å². The molecule has 0 bridgehead atoms. The molecule has 0 aliphatic carbocycles. The largest absolute Gasteiger partial charge is 0.469 e. The number of ether oxygens (including phenoxy) is 1. The quantitative estimate of drug-likeness (QED) is 0.798. The standard InChI is InChI=1S/C12H18N2O3/c1-9(7-10-3-2-5-17-10)14-11(15)12(13)4-6-16-8-12/h2-3,5,9H,4,6-8,13H2,1H3,(H,14,15). The van der Waals surface area contributed by atoms with Gasteiger partial charge in [-0.25, -0.2) is 0 Å². The first-order valence-electron chi connectivity index (χ1n) is 5.80. The van der Waals surface area contributed by atoms with Crippen molar-refractivity contribution in [1.29, 1.82) is 0 Å². The molecule has 1 aliphatic rings. The summed E-state index contributed by atoms with van der Waals surface area (Å²) in [5.41, 5.74) is 5.10. The lowest BCUT2D eigenvalue weighted by molar-refractivity contribution is -0.127. The zero-order valence-electron chi connectivity index (χ0n) is 9.94. The van der Waals surface area contributed by atoms with Crippen LogP contribution in [0.15, 0.2) is 22.8 Å². The maximum Gasteiger partial charge on any atom is 0.242 e. The second kappa shape index (κ2) is 4.89.